The summed E-state index contributed by atoms with van der Waals surface area (Å²) in [6.45, 7) is 1.90. The average molecular weight is 319 g/mol. The van der Waals surface area contributed by atoms with Crippen molar-refractivity contribution in [3.63, 3.8) is 0 Å². The molecule has 0 amide bonds. The Morgan fingerprint density at radius 3 is 2.71 bits per heavy atom. The standard InChI is InChI=1S/C16H17NO2S2/c1-11-6-7-16(14(17)8-11)21(18,19)10-13-9-12-4-2-3-5-15(12)20-13/h2-8,13H,9-10,17H2,1H3. The molecule has 0 aromatic heterocycles. The van der Waals surface area contributed by atoms with Gasteiger partial charge in [0.1, 0.15) is 0 Å². The summed E-state index contributed by atoms with van der Waals surface area (Å²) >= 11 is 1.65. The summed E-state index contributed by atoms with van der Waals surface area (Å²) in [7, 11) is -3.35. The van der Waals surface area contributed by atoms with Crippen molar-refractivity contribution >= 4 is 27.3 Å². The summed E-state index contributed by atoms with van der Waals surface area (Å²) in [5, 5.41) is 0.0631. The zero-order valence-electron chi connectivity index (χ0n) is 11.7. The van der Waals surface area contributed by atoms with E-state index in [1.54, 1.807) is 30.0 Å². The maximum absolute atomic E-state index is 12.6. The lowest BCUT2D eigenvalue weighted by atomic mass is 10.1. The number of aryl methyl sites for hydroxylation is 1. The van der Waals surface area contributed by atoms with E-state index >= 15 is 0 Å². The SMILES string of the molecule is Cc1ccc(S(=O)(=O)CC2Cc3ccccc3S2)c(N)c1. The first-order valence-corrected chi connectivity index (χ1v) is 9.32. The molecule has 5 heteroatoms. The predicted molar refractivity (Wildman–Crippen MR) is 87.4 cm³/mol. The summed E-state index contributed by atoms with van der Waals surface area (Å²) in [5.74, 6) is 0.125. The second-order valence-corrected chi connectivity index (χ2v) is 8.72. The molecule has 3 rings (SSSR count). The van der Waals surface area contributed by atoms with Gasteiger partial charge in [0.25, 0.3) is 0 Å². The zero-order chi connectivity index (χ0) is 15.0. The van der Waals surface area contributed by atoms with E-state index in [2.05, 4.69) is 6.07 Å². The van der Waals surface area contributed by atoms with Crippen molar-refractivity contribution in [1.82, 2.24) is 0 Å². The monoisotopic (exact) mass is 319 g/mol. The van der Waals surface area contributed by atoms with Crippen LogP contribution in [0.5, 0.6) is 0 Å². The van der Waals surface area contributed by atoms with Crippen LogP contribution in [0, 0.1) is 6.92 Å². The van der Waals surface area contributed by atoms with E-state index in [-0.39, 0.29) is 15.9 Å². The molecule has 0 saturated heterocycles. The van der Waals surface area contributed by atoms with Crippen LogP contribution in [0.4, 0.5) is 5.69 Å². The van der Waals surface area contributed by atoms with Crippen molar-refractivity contribution in [3.8, 4) is 0 Å². The maximum atomic E-state index is 12.6. The van der Waals surface area contributed by atoms with Gasteiger partial charge in [-0.1, -0.05) is 24.3 Å². The van der Waals surface area contributed by atoms with Gasteiger partial charge in [0.2, 0.25) is 0 Å². The van der Waals surface area contributed by atoms with Crippen LogP contribution in [0.2, 0.25) is 0 Å². The van der Waals surface area contributed by atoms with Gasteiger partial charge in [-0.05, 0) is 42.7 Å². The fraction of sp³-hybridized carbons (Fsp3) is 0.250. The number of nitrogens with two attached hydrogens (primary N) is 1. The first kappa shape index (κ1) is 14.5. The van der Waals surface area contributed by atoms with Crippen molar-refractivity contribution in [2.45, 2.75) is 28.4 Å². The number of thioether (sulfide) groups is 1. The van der Waals surface area contributed by atoms with Crippen LogP contribution in [-0.2, 0) is 16.3 Å². The minimum absolute atomic E-state index is 0.0631. The Labute approximate surface area is 129 Å². The number of hydrogen-bond donors (Lipinski definition) is 1. The first-order valence-electron chi connectivity index (χ1n) is 6.79. The molecule has 0 radical (unpaired) electrons. The molecule has 1 atom stereocenters. The molecule has 21 heavy (non-hydrogen) atoms. The highest BCUT2D eigenvalue weighted by Gasteiger charge is 2.28. The molecular weight excluding hydrogens is 302 g/mol. The molecule has 0 saturated carbocycles. The van der Waals surface area contributed by atoms with E-state index in [1.807, 2.05) is 25.1 Å². The summed E-state index contributed by atoms with van der Waals surface area (Å²) < 4.78 is 25.2. The van der Waals surface area contributed by atoms with E-state index in [9.17, 15) is 8.42 Å². The summed E-state index contributed by atoms with van der Waals surface area (Å²) in [6, 6.07) is 13.2. The molecule has 2 N–H and O–H groups in total. The van der Waals surface area contributed by atoms with E-state index in [1.165, 1.54) is 10.5 Å². The number of fused-ring (bicyclic) bond motifs is 1. The van der Waals surface area contributed by atoms with Crippen LogP contribution in [-0.4, -0.2) is 19.4 Å². The van der Waals surface area contributed by atoms with E-state index < -0.39 is 9.84 Å². The number of anilines is 1. The fourth-order valence-electron chi connectivity index (χ4n) is 2.63. The van der Waals surface area contributed by atoms with Gasteiger partial charge in [-0.15, -0.1) is 11.8 Å². The summed E-state index contributed by atoms with van der Waals surface area (Å²) in [6.07, 6.45) is 0.797. The number of benzene rings is 2. The molecule has 1 aliphatic heterocycles. The number of sulfone groups is 1. The Morgan fingerprint density at radius 2 is 2.00 bits per heavy atom. The topological polar surface area (TPSA) is 60.2 Å². The van der Waals surface area contributed by atoms with Gasteiger partial charge in [0, 0.05) is 10.1 Å². The Bertz CT molecular complexity index is 760. The highest BCUT2D eigenvalue weighted by Crippen LogP contribution is 2.38. The molecule has 0 bridgehead atoms. The summed E-state index contributed by atoms with van der Waals surface area (Å²) in [5.41, 5.74) is 8.43. The molecule has 2 aromatic carbocycles. The van der Waals surface area contributed by atoms with Crippen LogP contribution in [0.3, 0.4) is 0 Å². The van der Waals surface area contributed by atoms with Gasteiger partial charge in [-0.3, -0.25) is 0 Å². The van der Waals surface area contributed by atoms with Crippen LogP contribution in [0.1, 0.15) is 11.1 Å². The van der Waals surface area contributed by atoms with Gasteiger partial charge >= 0.3 is 0 Å². The van der Waals surface area contributed by atoms with Gasteiger partial charge in [0.15, 0.2) is 9.84 Å². The number of rotatable bonds is 3. The van der Waals surface area contributed by atoms with Crippen molar-refractivity contribution in [1.29, 1.82) is 0 Å². The van der Waals surface area contributed by atoms with Gasteiger partial charge in [-0.25, -0.2) is 8.42 Å². The molecule has 0 spiro atoms. The molecule has 2 aromatic rings. The van der Waals surface area contributed by atoms with Crippen molar-refractivity contribution in [2.24, 2.45) is 0 Å². The highest BCUT2D eigenvalue weighted by molar-refractivity contribution is 8.01. The average Bonchev–Trinajstić information content (AvgIpc) is 2.79. The highest BCUT2D eigenvalue weighted by atomic mass is 32.2. The minimum atomic E-state index is -3.35. The Kier molecular flexibility index (Phi) is 3.71. The van der Waals surface area contributed by atoms with Crippen molar-refractivity contribution in [2.75, 3.05) is 11.5 Å². The molecule has 1 heterocycles. The van der Waals surface area contributed by atoms with E-state index in [0.717, 1.165) is 12.0 Å². The molecule has 0 fully saturated rings. The fourth-order valence-corrected chi connectivity index (χ4v) is 6.00. The Morgan fingerprint density at radius 1 is 1.24 bits per heavy atom. The predicted octanol–water partition coefficient (Wildman–Crippen LogP) is 3.07. The van der Waals surface area contributed by atoms with Crippen molar-refractivity contribution < 1.29 is 8.42 Å². The first-order chi connectivity index (χ1) is 9.95. The third-order valence-corrected chi connectivity index (χ3v) is 7.03. The Balaban J connectivity index is 1.82. The number of nitrogen functional groups attached to an aromatic ring is 1. The van der Waals surface area contributed by atoms with Crippen LogP contribution >= 0.6 is 11.8 Å². The summed E-state index contributed by atoms with van der Waals surface area (Å²) in [4.78, 5) is 1.44. The molecule has 1 unspecified atom stereocenters. The molecule has 3 nitrogen and oxygen atoms in total. The van der Waals surface area contributed by atoms with Crippen LogP contribution < -0.4 is 5.73 Å². The van der Waals surface area contributed by atoms with E-state index in [0.29, 0.717) is 5.69 Å². The molecule has 1 aliphatic rings. The van der Waals surface area contributed by atoms with E-state index in [4.69, 9.17) is 5.73 Å². The van der Waals surface area contributed by atoms with Gasteiger partial charge in [-0.2, -0.15) is 0 Å². The molecule has 0 aliphatic carbocycles. The quantitative estimate of drug-likeness (QED) is 0.883. The lowest BCUT2D eigenvalue weighted by molar-refractivity contribution is 0.594. The lowest BCUT2D eigenvalue weighted by Gasteiger charge is -2.12. The second-order valence-electron chi connectivity index (χ2n) is 5.37. The Hall–Kier alpha value is -1.46. The third kappa shape index (κ3) is 2.94. The van der Waals surface area contributed by atoms with Gasteiger partial charge in [0.05, 0.1) is 16.3 Å². The van der Waals surface area contributed by atoms with Crippen LogP contribution in [0.15, 0.2) is 52.3 Å². The second kappa shape index (κ2) is 5.39. The normalized spacial score (nSPS) is 17.7. The molecular formula is C16H17NO2S2. The number of hydrogen-bond acceptors (Lipinski definition) is 4. The third-order valence-electron chi connectivity index (χ3n) is 3.62. The van der Waals surface area contributed by atoms with Crippen molar-refractivity contribution in [3.05, 3.63) is 53.6 Å². The molecule has 110 valence electrons. The van der Waals surface area contributed by atoms with Gasteiger partial charge < -0.3 is 5.73 Å². The van der Waals surface area contributed by atoms with Crippen LogP contribution in [0.25, 0.3) is 0 Å². The minimum Gasteiger partial charge on any atom is -0.398 e. The zero-order valence-corrected chi connectivity index (χ0v) is 13.4. The maximum Gasteiger partial charge on any atom is 0.181 e. The smallest absolute Gasteiger partial charge is 0.181 e. The largest absolute Gasteiger partial charge is 0.398 e. The lowest BCUT2D eigenvalue weighted by Crippen LogP contribution is -2.19.